The van der Waals surface area contributed by atoms with Crippen LogP contribution in [-0.4, -0.2) is 59.0 Å². The van der Waals surface area contributed by atoms with Gasteiger partial charge in [-0.05, 0) is 49.6 Å². The quantitative estimate of drug-likeness (QED) is 0.278. The van der Waals surface area contributed by atoms with E-state index in [1.165, 1.54) is 44.2 Å². The molecule has 0 heterocycles. The van der Waals surface area contributed by atoms with Gasteiger partial charge in [-0.15, -0.1) is 0 Å². The summed E-state index contributed by atoms with van der Waals surface area (Å²) in [5.41, 5.74) is -1.24. The summed E-state index contributed by atoms with van der Waals surface area (Å²) < 4.78 is 15.4. The zero-order valence-corrected chi connectivity index (χ0v) is 18.8. The SMILES string of the molecule is CC(=O)OCC(O)C(C=CC=C1C(=O)C=CC1(O)CCCCOc1ccccc1)OC(C)=O. The number of esters is 2. The Balaban J connectivity index is 1.95. The molecule has 0 aromatic heterocycles. The molecule has 0 fully saturated rings. The molecule has 0 aliphatic heterocycles. The maximum absolute atomic E-state index is 12.3. The second-order valence-electron chi connectivity index (χ2n) is 7.65. The van der Waals surface area contributed by atoms with Crippen LogP contribution in [0.5, 0.6) is 5.75 Å². The second kappa shape index (κ2) is 12.7. The molecule has 0 spiro atoms. The third-order valence-corrected chi connectivity index (χ3v) is 4.91. The van der Waals surface area contributed by atoms with Crippen molar-refractivity contribution >= 4 is 17.7 Å². The standard InChI is InChI=1S/C25H30O8/c1-18(26)32-17-23(29)24(33-19(2)27)12-8-11-21-22(28)13-15-25(21,30)14-6-7-16-31-20-9-4-3-5-10-20/h3-5,8-13,15,23-24,29-30H,6-7,14,16-17H2,1-2H3. The zero-order chi connectivity index (χ0) is 24.3. The van der Waals surface area contributed by atoms with Crippen molar-refractivity contribution in [2.24, 2.45) is 0 Å². The minimum absolute atomic E-state index is 0.179. The monoisotopic (exact) mass is 458 g/mol. The van der Waals surface area contributed by atoms with E-state index in [1.807, 2.05) is 30.3 Å². The number of aliphatic hydroxyl groups is 2. The van der Waals surface area contributed by atoms with E-state index in [4.69, 9.17) is 14.2 Å². The Morgan fingerprint density at radius 3 is 2.52 bits per heavy atom. The Labute approximate surface area is 193 Å². The van der Waals surface area contributed by atoms with Crippen LogP contribution < -0.4 is 4.74 Å². The van der Waals surface area contributed by atoms with Gasteiger partial charge in [-0.2, -0.15) is 0 Å². The smallest absolute Gasteiger partial charge is 0.303 e. The van der Waals surface area contributed by atoms with Crippen molar-refractivity contribution in [1.29, 1.82) is 0 Å². The molecule has 33 heavy (non-hydrogen) atoms. The lowest BCUT2D eigenvalue weighted by Crippen LogP contribution is -2.33. The lowest BCUT2D eigenvalue weighted by Gasteiger charge is -2.22. The summed E-state index contributed by atoms with van der Waals surface area (Å²) in [5, 5.41) is 21.1. The van der Waals surface area contributed by atoms with Crippen LogP contribution in [0.25, 0.3) is 0 Å². The van der Waals surface area contributed by atoms with Crippen LogP contribution in [0.1, 0.15) is 33.1 Å². The summed E-state index contributed by atoms with van der Waals surface area (Å²) in [6, 6.07) is 9.41. The van der Waals surface area contributed by atoms with Gasteiger partial charge >= 0.3 is 11.9 Å². The van der Waals surface area contributed by atoms with Crippen molar-refractivity contribution in [3.8, 4) is 5.75 Å². The molecule has 3 atom stereocenters. The highest BCUT2D eigenvalue weighted by Gasteiger charge is 2.36. The van der Waals surface area contributed by atoms with Crippen LogP contribution in [0.15, 0.2) is 66.3 Å². The van der Waals surface area contributed by atoms with Gasteiger partial charge in [0.05, 0.1) is 6.61 Å². The maximum Gasteiger partial charge on any atom is 0.303 e. The number of unbranched alkanes of at least 4 members (excludes halogenated alkanes) is 1. The van der Waals surface area contributed by atoms with E-state index < -0.39 is 29.7 Å². The number of hydrogen-bond acceptors (Lipinski definition) is 8. The molecule has 1 aromatic rings. The Hall–Kier alpha value is -3.23. The Morgan fingerprint density at radius 1 is 1.12 bits per heavy atom. The Morgan fingerprint density at radius 2 is 1.85 bits per heavy atom. The van der Waals surface area contributed by atoms with E-state index in [0.717, 1.165) is 5.75 Å². The van der Waals surface area contributed by atoms with Crippen molar-refractivity contribution in [2.45, 2.75) is 50.9 Å². The van der Waals surface area contributed by atoms with Crippen LogP contribution >= 0.6 is 0 Å². The van der Waals surface area contributed by atoms with Crippen molar-refractivity contribution < 1.29 is 38.8 Å². The number of ketones is 1. The molecule has 8 heteroatoms. The minimum Gasteiger partial charge on any atom is -0.494 e. The lowest BCUT2D eigenvalue weighted by molar-refractivity contribution is -0.154. The molecule has 2 rings (SSSR count). The number of allylic oxidation sites excluding steroid dienone is 3. The van der Waals surface area contributed by atoms with Crippen molar-refractivity contribution in [3.63, 3.8) is 0 Å². The number of aliphatic hydroxyl groups excluding tert-OH is 1. The molecule has 178 valence electrons. The fraction of sp³-hybridized carbons (Fsp3) is 0.400. The zero-order valence-electron chi connectivity index (χ0n) is 18.8. The van der Waals surface area contributed by atoms with E-state index in [2.05, 4.69) is 0 Å². The van der Waals surface area contributed by atoms with E-state index in [9.17, 15) is 24.6 Å². The molecule has 0 amide bonds. The molecular formula is C25H30O8. The summed E-state index contributed by atoms with van der Waals surface area (Å²) >= 11 is 0. The summed E-state index contributed by atoms with van der Waals surface area (Å²) in [7, 11) is 0. The van der Waals surface area contributed by atoms with Gasteiger partial charge in [0.15, 0.2) is 5.78 Å². The minimum atomic E-state index is -1.42. The topological polar surface area (TPSA) is 119 Å². The largest absolute Gasteiger partial charge is 0.494 e. The van der Waals surface area contributed by atoms with Gasteiger partial charge in [0.2, 0.25) is 0 Å². The van der Waals surface area contributed by atoms with Crippen LogP contribution in [0.3, 0.4) is 0 Å². The number of para-hydroxylation sites is 1. The van der Waals surface area contributed by atoms with E-state index in [1.54, 1.807) is 0 Å². The van der Waals surface area contributed by atoms with Gasteiger partial charge in [-0.25, -0.2) is 0 Å². The molecule has 8 nitrogen and oxygen atoms in total. The summed E-state index contributed by atoms with van der Waals surface area (Å²) in [6.07, 6.45) is 6.27. The highest BCUT2D eigenvalue weighted by Crippen LogP contribution is 2.31. The predicted octanol–water partition coefficient (Wildman–Crippen LogP) is 2.44. The summed E-state index contributed by atoms with van der Waals surface area (Å²) in [6.45, 7) is 2.51. The van der Waals surface area contributed by atoms with Crippen molar-refractivity contribution in [1.82, 2.24) is 0 Å². The number of benzene rings is 1. The fourth-order valence-electron chi connectivity index (χ4n) is 3.25. The Bertz CT molecular complexity index is 902. The molecule has 1 aromatic carbocycles. The number of carbonyl (C=O) groups excluding carboxylic acids is 3. The molecule has 0 radical (unpaired) electrons. The van der Waals surface area contributed by atoms with Crippen LogP contribution in [0.4, 0.5) is 0 Å². The normalized spacial score (nSPS) is 20.7. The molecule has 1 aliphatic carbocycles. The van der Waals surface area contributed by atoms with E-state index in [-0.39, 0.29) is 18.0 Å². The molecule has 2 N–H and O–H groups in total. The number of hydrogen-bond donors (Lipinski definition) is 2. The van der Waals surface area contributed by atoms with Gasteiger partial charge < -0.3 is 24.4 Å². The molecule has 0 saturated carbocycles. The van der Waals surface area contributed by atoms with Gasteiger partial charge in [-0.1, -0.05) is 30.4 Å². The second-order valence-corrected chi connectivity index (χ2v) is 7.65. The van der Waals surface area contributed by atoms with Crippen LogP contribution in [0, 0.1) is 0 Å². The highest BCUT2D eigenvalue weighted by molar-refractivity contribution is 6.09. The van der Waals surface area contributed by atoms with Gasteiger partial charge in [-0.3, -0.25) is 14.4 Å². The lowest BCUT2D eigenvalue weighted by atomic mass is 9.90. The molecule has 1 aliphatic rings. The highest BCUT2D eigenvalue weighted by atomic mass is 16.6. The number of carbonyl (C=O) groups is 3. The fourth-order valence-corrected chi connectivity index (χ4v) is 3.25. The van der Waals surface area contributed by atoms with Crippen molar-refractivity contribution in [3.05, 3.63) is 66.3 Å². The van der Waals surface area contributed by atoms with Gasteiger partial charge in [0.1, 0.15) is 30.2 Å². The molecule has 3 unspecified atom stereocenters. The summed E-state index contributed by atoms with van der Waals surface area (Å²) in [4.78, 5) is 34.5. The number of ether oxygens (including phenoxy) is 3. The summed E-state index contributed by atoms with van der Waals surface area (Å²) in [5.74, 6) is -0.765. The Kier molecular flexibility index (Phi) is 10.0. The molecule has 0 bridgehead atoms. The van der Waals surface area contributed by atoms with E-state index >= 15 is 0 Å². The molecular weight excluding hydrogens is 428 g/mol. The van der Waals surface area contributed by atoms with Crippen LogP contribution in [0.2, 0.25) is 0 Å². The number of rotatable bonds is 12. The first-order valence-electron chi connectivity index (χ1n) is 10.7. The van der Waals surface area contributed by atoms with Gasteiger partial charge in [0, 0.05) is 19.4 Å². The third kappa shape index (κ3) is 8.67. The predicted molar refractivity (Wildman–Crippen MR) is 120 cm³/mol. The third-order valence-electron chi connectivity index (χ3n) is 4.91. The van der Waals surface area contributed by atoms with E-state index in [0.29, 0.717) is 25.9 Å². The van der Waals surface area contributed by atoms with Crippen molar-refractivity contribution in [2.75, 3.05) is 13.2 Å². The maximum atomic E-state index is 12.3. The first kappa shape index (κ1) is 26.0. The average molecular weight is 459 g/mol. The van der Waals surface area contributed by atoms with Crippen LogP contribution in [-0.2, 0) is 23.9 Å². The molecule has 0 saturated heterocycles. The first-order valence-corrected chi connectivity index (χ1v) is 10.7. The van der Waals surface area contributed by atoms with Gasteiger partial charge in [0.25, 0.3) is 0 Å². The first-order chi connectivity index (χ1) is 15.7. The average Bonchev–Trinajstić information content (AvgIpc) is 3.05.